The van der Waals surface area contributed by atoms with Crippen LogP contribution in [-0.2, 0) is 6.42 Å². The highest BCUT2D eigenvalue weighted by atomic mass is 16.3. The van der Waals surface area contributed by atoms with Crippen LogP contribution >= 0.6 is 0 Å². The number of hydrogen-bond donors (Lipinski definition) is 2. The average Bonchev–Trinajstić information content (AvgIpc) is 2.95. The van der Waals surface area contributed by atoms with Crippen molar-refractivity contribution in [3.05, 3.63) is 28.8 Å². The summed E-state index contributed by atoms with van der Waals surface area (Å²) in [5.74, 6) is 1.04. The molecule has 0 spiro atoms. The van der Waals surface area contributed by atoms with Gasteiger partial charge in [0, 0.05) is 25.7 Å². The minimum absolute atomic E-state index is 0.0741. The topological polar surface area (TPSA) is 55.8 Å². The molecular formula is C19H29N3O2. The molecule has 0 saturated carbocycles. The van der Waals surface area contributed by atoms with Gasteiger partial charge in [-0.1, -0.05) is 12.1 Å². The molecule has 3 rings (SSSR count). The van der Waals surface area contributed by atoms with Gasteiger partial charge in [-0.05, 0) is 69.3 Å². The van der Waals surface area contributed by atoms with E-state index in [0.717, 1.165) is 49.2 Å². The lowest BCUT2D eigenvalue weighted by atomic mass is 9.92. The molecule has 2 amide bonds. The summed E-state index contributed by atoms with van der Waals surface area (Å²) in [4.78, 5) is 16.9. The number of rotatable bonds is 3. The molecule has 2 heterocycles. The number of likely N-dealkylation sites (N-methyl/N-ethyl adjacent to an activating group) is 1. The van der Waals surface area contributed by atoms with Gasteiger partial charge in [-0.3, -0.25) is 0 Å². The van der Waals surface area contributed by atoms with E-state index in [2.05, 4.69) is 17.3 Å². The summed E-state index contributed by atoms with van der Waals surface area (Å²) >= 11 is 0. The van der Waals surface area contributed by atoms with E-state index in [1.54, 1.807) is 0 Å². The zero-order valence-corrected chi connectivity index (χ0v) is 15.0. The lowest BCUT2D eigenvalue weighted by molar-refractivity contribution is 0.131. The third-order valence-corrected chi connectivity index (χ3v) is 5.57. The van der Waals surface area contributed by atoms with E-state index in [1.165, 1.54) is 6.42 Å². The van der Waals surface area contributed by atoms with Crippen molar-refractivity contribution in [3.8, 4) is 5.75 Å². The fourth-order valence-corrected chi connectivity index (χ4v) is 4.16. The van der Waals surface area contributed by atoms with E-state index in [1.807, 2.05) is 30.9 Å². The van der Waals surface area contributed by atoms with Gasteiger partial charge >= 0.3 is 6.03 Å². The second kappa shape index (κ2) is 7.01. The predicted octanol–water partition coefficient (Wildman–Crippen LogP) is 2.29. The standard InChI is InChI=1S/C19H29N3O2/c1-13-10-15(11-14(2)18(13)23)4-7-20-19(24)22-9-6-16-5-8-21(3)12-17(16)22/h10-11,16-17,23H,4-9,12H2,1-3H3,(H,20,24)/t16-,17+/m1/s1. The van der Waals surface area contributed by atoms with Gasteiger partial charge in [0.1, 0.15) is 5.75 Å². The summed E-state index contributed by atoms with van der Waals surface area (Å²) < 4.78 is 0. The molecule has 5 heteroatoms. The number of nitrogens with one attached hydrogen (secondary N) is 1. The first-order valence-corrected chi connectivity index (χ1v) is 8.98. The molecule has 2 atom stereocenters. The molecule has 2 aliphatic heterocycles. The fraction of sp³-hybridized carbons (Fsp3) is 0.632. The van der Waals surface area contributed by atoms with Crippen molar-refractivity contribution in [2.75, 3.05) is 33.2 Å². The van der Waals surface area contributed by atoms with Gasteiger partial charge < -0.3 is 20.2 Å². The molecule has 24 heavy (non-hydrogen) atoms. The normalized spacial score (nSPS) is 24.0. The molecule has 0 unspecified atom stereocenters. The van der Waals surface area contributed by atoms with Crippen LogP contribution in [0, 0.1) is 19.8 Å². The van der Waals surface area contributed by atoms with Gasteiger partial charge in [0.05, 0.1) is 0 Å². The number of nitrogens with zero attached hydrogens (tertiary/aromatic N) is 2. The van der Waals surface area contributed by atoms with Gasteiger partial charge in [-0.15, -0.1) is 0 Å². The van der Waals surface area contributed by atoms with Crippen LogP contribution in [0.15, 0.2) is 12.1 Å². The van der Waals surface area contributed by atoms with Gasteiger partial charge in [0.2, 0.25) is 0 Å². The van der Waals surface area contributed by atoms with Gasteiger partial charge in [0.15, 0.2) is 0 Å². The molecule has 1 aromatic rings. The summed E-state index contributed by atoms with van der Waals surface area (Å²) in [5, 5.41) is 12.9. The Balaban J connectivity index is 1.53. The number of carbonyl (C=O) groups is 1. The Hall–Kier alpha value is -1.75. The second-order valence-electron chi connectivity index (χ2n) is 7.42. The number of fused-ring (bicyclic) bond motifs is 1. The number of aryl methyl sites for hydroxylation is 2. The minimum Gasteiger partial charge on any atom is -0.507 e. The lowest BCUT2D eigenvalue weighted by Crippen LogP contribution is -2.51. The first kappa shape index (κ1) is 17.1. The van der Waals surface area contributed by atoms with Gasteiger partial charge in [-0.25, -0.2) is 4.79 Å². The molecule has 2 fully saturated rings. The Morgan fingerprint density at radius 1 is 1.25 bits per heavy atom. The molecule has 0 aromatic heterocycles. The van der Waals surface area contributed by atoms with Crippen molar-refractivity contribution in [1.29, 1.82) is 0 Å². The number of amides is 2. The summed E-state index contributed by atoms with van der Waals surface area (Å²) in [6.45, 7) is 7.48. The first-order valence-electron chi connectivity index (χ1n) is 8.98. The van der Waals surface area contributed by atoms with Crippen molar-refractivity contribution >= 4 is 6.03 Å². The number of benzene rings is 1. The summed E-state index contributed by atoms with van der Waals surface area (Å²) in [6, 6.07) is 4.44. The Labute approximate surface area is 144 Å². The van der Waals surface area contributed by atoms with E-state index in [-0.39, 0.29) is 6.03 Å². The lowest BCUT2D eigenvalue weighted by Gasteiger charge is -2.36. The predicted molar refractivity (Wildman–Crippen MR) is 95.4 cm³/mol. The van der Waals surface area contributed by atoms with Crippen LogP contribution in [0.3, 0.4) is 0 Å². The van der Waals surface area contributed by atoms with E-state index in [4.69, 9.17) is 0 Å². The molecule has 0 aliphatic carbocycles. The minimum atomic E-state index is 0.0741. The molecular weight excluding hydrogens is 302 g/mol. The first-order chi connectivity index (χ1) is 11.5. The number of carbonyl (C=O) groups excluding carboxylic acids is 1. The number of urea groups is 1. The second-order valence-corrected chi connectivity index (χ2v) is 7.42. The van der Waals surface area contributed by atoms with Crippen LogP contribution in [0.25, 0.3) is 0 Å². The highest BCUT2D eigenvalue weighted by Crippen LogP contribution is 2.31. The zero-order chi connectivity index (χ0) is 17.3. The monoisotopic (exact) mass is 331 g/mol. The number of phenols is 1. The number of likely N-dealkylation sites (tertiary alicyclic amines) is 2. The summed E-state index contributed by atoms with van der Waals surface area (Å²) in [5.41, 5.74) is 2.94. The highest BCUT2D eigenvalue weighted by molar-refractivity contribution is 5.75. The van der Waals surface area contributed by atoms with Crippen LogP contribution < -0.4 is 5.32 Å². The summed E-state index contributed by atoms with van der Waals surface area (Å²) in [7, 11) is 2.14. The van der Waals surface area contributed by atoms with Crippen LogP contribution in [0.4, 0.5) is 4.79 Å². The Morgan fingerprint density at radius 2 is 1.92 bits per heavy atom. The third kappa shape index (κ3) is 3.51. The van der Waals surface area contributed by atoms with Crippen molar-refractivity contribution in [3.63, 3.8) is 0 Å². The number of piperidine rings is 1. The van der Waals surface area contributed by atoms with Crippen molar-refractivity contribution in [2.45, 2.75) is 39.2 Å². The van der Waals surface area contributed by atoms with E-state index in [0.29, 0.717) is 24.3 Å². The quantitative estimate of drug-likeness (QED) is 0.893. The van der Waals surface area contributed by atoms with Crippen LogP contribution in [0.2, 0.25) is 0 Å². The fourth-order valence-electron chi connectivity index (χ4n) is 4.16. The Morgan fingerprint density at radius 3 is 2.62 bits per heavy atom. The smallest absolute Gasteiger partial charge is 0.317 e. The maximum absolute atomic E-state index is 12.5. The molecule has 0 bridgehead atoms. The SMILES string of the molecule is Cc1cc(CCNC(=O)N2CC[C@H]3CCN(C)C[C@@H]32)cc(C)c1O. The maximum atomic E-state index is 12.5. The zero-order valence-electron chi connectivity index (χ0n) is 15.0. The van der Waals surface area contributed by atoms with Crippen LogP contribution in [0.5, 0.6) is 5.75 Å². The van der Waals surface area contributed by atoms with E-state index >= 15 is 0 Å². The van der Waals surface area contributed by atoms with E-state index < -0.39 is 0 Å². The molecule has 2 saturated heterocycles. The molecule has 5 nitrogen and oxygen atoms in total. The Kier molecular flexibility index (Phi) is 4.99. The van der Waals surface area contributed by atoms with E-state index in [9.17, 15) is 9.90 Å². The van der Waals surface area contributed by atoms with Gasteiger partial charge in [-0.2, -0.15) is 0 Å². The number of phenolic OH excluding ortho intramolecular Hbond substituents is 1. The molecule has 132 valence electrons. The van der Waals surface area contributed by atoms with Crippen molar-refractivity contribution < 1.29 is 9.90 Å². The maximum Gasteiger partial charge on any atom is 0.317 e. The van der Waals surface area contributed by atoms with Crippen LogP contribution in [-0.4, -0.2) is 60.2 Å². The third-order valence-electron chi connectivity index (χ3n) is 5.57. The number of aromatic hydroxyl groups is 1. The molecule has 2 N–H and O–H groups in total. The van der Waals surface area contributed by atoms with Gasteiger partial charge in [0.25, 0.3) is 0 Å². The van der Waals surface area contributed by atoms with Crippen molar-refractivity contribution in [1.82, 2.24) is 15.1 Å². The molecule has 2 aliphatic rings. The Bertz CT molecular complexity index is 594. The molecule has 1 aromatic carbocycles. The highest BCUT2D eigenvalue weighted by Gasteiger charge is 2.39. The van der Waals surface area contributed by atoms with Crippen LogP contribution in [0.1, 0.15) is 29.5 Å². The number of hydrogen-bond acceptors (Lipinski definition) is 3. The largest absolute Gasteiger partial charge is 0.507 e. The van der Waals surface area contributed by atoms with Crippen molar-refractivity contribution in [2.24, 2.45) is 5.92 Å². The molecule has 0 radical (unpaired) electrons. The average molecular weight is 331 g/mol. The summed E-state index contributed by atoms with van der Waals surface area (Å²) in [6.07, 6.45) is 3.13.